The van der Waals surface area contributed by atoms with Crippen LogP contribution in [0.4, 0.5) is 5.69 Å². The zero-order valence-corrected chi connectivity index (χ0v) is 12.3. The molecule has 0 bridgehead atoms. The average Bonchev–Trinajstić information content (AvgIpc) is 2.35. The second kappa shape index (κ2) is 6.33. The van der Waals surface area contributed by atoms with Gasteiger partial charge in [0.1, 0.15) is 24.7 Å². The van der Waals surface area contributed by atoms with Crippen LogP contribution in [0.1, 0.15) is 16.7 Å². The monoisotopic (exact) mass is 271 g/mol. The van der Waals surface area contributed by atoms with Crippen molar-refractivity contribution in [3.8, 4) is 11.5 Å². The summed E-state index contributed by atoms with van der Waals surface area (Å²) in [4.78, 5) is 0. The number of hydrogen-bond donors (Lipinski definition) is 1. The highest BCUT2D eigenvalue weighted by Gasteiger charge is 2.01. The first-order valence-corrected chi connectivity index (χ1v) is 6.74. The minimum absolute atomic E-state index is 0.472. The van der Waals surface area contributed by atoms with Crippen molar-refractivity contribution < 1.29 is 9.47 Å². The van der Waals surface area contributed by atoms with E-state index >= 15 is 0 Å². The van der Waals surface area contributed by atoms with Gasteiger partial charge in [-0.25, -0.2) is 0 Å². The second-order valence-electron chi connectivity index (χ2n) is 5.06. The molecule has 0 fully saturated rings. The Morgan fingerprint density at radius 2 is 1.45 bits per heavy atom. The van der Waals surface area contributed by atoms with Crippen molar-refractivity contribution in [1.82, 2.24) is 0 Å². The quantitative estimate of drug-likeness (QED) is 0.667. The van der Waals surface area contributed by atoms with Crippen LogP contribution in [0.15, 0.2) is 36.4 Å². The maximum atomic E-state index is 5.89. The van der Waals surface area contributed by atoms with Gasteiger partial charge in [-0.2, -0.15) is 0 Å². The molecule has 0 saturated heterocycles. The number of nitrogens with two attached hydrogens (primary N) is 1. The van der Waals surface area contributed by atoms with E-state index in [-0.39, 0.29) is 0 Å². The lowest BCUT2D eigenvalue weighted by Gasteiger charge is -2.11. The largest absolute Gasteiger partial charge is 0.490 e. The lowest BCUT2D eigenvalue weighted by atomic mass is 10.1. The van der Waals surface area contributed by atoms with E-state index < -0.39 is 0 Å². The highest BCUT2D eigenvalue weighted by molar-refractivity contribution is 5.54. The van der Waals surface area contributed by atoms with Crippen LogP contribution in [-0.4, -0.2) is 13.2 Å². The lowest BCUT2D eigenvalue weighted by molar-refractivity contribution is 0.217. The minimum Gasteiger partial charge on any atom is -0.490 e. The Balaban J connectivity index is 1.84. The Morgan fingerprint density at radius 3 is 2.10 bits per heavy atom. The van der Waals surface area contributed by atoms with Crippen molar-refractivity contribution in [3.05, 3.63) is 53.1 Å². The molecule has 0 saturated carbocycles. The summed E-state index contributed by atoms with van der Waals surface area (Å²) in [7, 11) is 0. The molecule has 0 heterocycles. The summed E-state index contributed by atoms with van der Waals surface area (Å²) in [6.07, 6.45) is 0. The van der Waals surface area contributed by atoms with Gasteiger partial charge in [0.05, 0.1) is 5.69 Å². The van der Waals surface area contributed by atoms with E-state index in [2.05, 4.69) is 19.9 Å². The van der Waals surface area contributed by atoms with E-state index in [0.29, 0.717) is 24.7 Å². The molecular formula is C17H21NO2. The van der Waals surface area contributed by atoms with Crippen LogP contribution in [0.5, 0.6) is 11.5 Å². The van der Waals surface area contributed by atoms with Crippen molar-refractivity contribution in [2.24, 2.45) is 0 Å². The maximum Gasteiger partial charge on any atom is 0.142 e. The molecule has 2 aromatic rings. The summed E-state index contributed by atoms with van der Waals surface area (Å²) >= 11 is 0. The highest BCUT2D eigenvalue weighted by atomic mass is 16.5. The van der Waals surface area contributed by atoms with Gasteiger partial charge in [0.25, 0.3) is 0 Å². The third-order valence-corrected chi connectivity index (χ3v) is 2.97. The Labute approximate surface area is 120 Å². The van der Waals surface area contributed by atoms with E-state index in [0.717, 1.165) is 11.3 Å². The first-order valence-electron chi connectivity index (χ1n) is 6.74. The predicted molar refractivity (Wildman–Crippen MR) is 82.5 cm³/mol. The summed E-state index contributed by atoms with van der Waals surface area (Å²) < 4.78 is 11.3. The Bertz CT molecular complexity index is 573. The van der Waals surface area contributed by atoms with Gasteiger partial charge in [-0.1, -0.05) is 12.1 Å². The van der Waals surface area contributed by atoms with Gasteiger partial charge in [-0.3, -0.25) is 0 Å². The van der Waals surface area contributed by atoms with E-state index in [1.165, 1.54) is 11.1 Å². The predicted octanol–water partition coefficient (Wildman–Crippen LogP) is 3.65. The van der Waals surface area contributed by atoms with Crippen LogP contribution in [0.25, 0.3) is 0 Å². The molecule has 0 aliphatic carbocycles. The summed E-state index contributed by atoms with van der Waals surface area (Å²) in [6.45, 7) is 7.09. The van der Waals surface area contributed by atoms with Crippen molar-refractivity contribution in [2.75, 3.05) is 18.9 Å². The molecule has 0 unspecified atom stereocenters. The Morgan fingerprint density at radius 1 is 0.800 bits per heavy atom. The van der Waals surface area contributed by atoms with Gasteiger partial charge in [0.15, 0.2) is 0 Å². The highest BCUT2D eigenvalue weighted by Crippen LogP contribution is 2.22. The Kier molecular flexibility index (Phi) is 4.51. The number of benzene rings is 2. The molecule has 20 heavy (non-hydrogen) atoms. The molecular weight excluding hydrogens is 250 g/mol. The normalized spacial score (nSPS) is 10.3. The molecule has 2 aromatic carbocycles. The van der Waals surface area contributed by atoms with Crippen LogP contribution in [0.3, 0.4) is 0 Å². The molecule has 2 rings (SSSR count). The zero-order chi connectivity index (χ0) is 14.5. The van der Waals surface area contributed by atoms with E-state index in [1.54, 1.807) is 0 Å². The molecule has 0 radical (unpaired) electrons. The molecule has 0 aliphatic rings. The number of rotatable bonds is 5. The molecule has 106 valence electrons. The number of ether oxygens (including phenoxy) is 2. The molecule has 2 N–H and O–H groups in total. The van der Waals surface area contributed by atoms with Crippen LogP contribution in [0.2, 0.25) is 0 Å². The molecule has 3 heteroatoms. The lowest BCUT2D eigenvalue weighted by Crippen LogP contribution is -2.10. The molecule has 0 aliphatic heterocycles. The summed E-state index contributed by atoms with van der Waals surface area (Å²) in [5.41, 5.74) is 10.1. The standard InChI is InChI=1S/C17H21NO2/c1-12-4-5-17(16(18)11-12)20-7-6-19-15-9-13(2)8-14(3)10-15/h4-5,8-11H,6-7,18H2,1-3H3. The summed E-state index contributed by atoms with van der Waals surface area (Å²) in [6, 6.07) is 11.9. The summed E-state index contributed by atoms with van der Waals surface area (Å²) in [5.74, 6) is 1.59. The first kappa shape index (κ1) is 14.3. The number of nitrogen functional groups attached to an aromatic ring is 1. The van der Waals surface area contributed by atoms with Gasteiger partial charge < -0.3 is 15.2 Å². The average molecular weight is 271 g/mol. The molecule has 0 atom stereocenters. The van der Waals surface area contributed by atoms with Crippen molar-refractivity contribution in [3.63, 3.8) is 0 Å². The number of anilines is 1. The minimum atomic E-state index is 0.472. The molecule has 0 aromatic heterocycles. The van der Waals surface area contributed by atoms with Gasteiger partial charge in [0, 0.05) is 0 Å². The van der Waals surface area contributed by atoms with Crippen molar-refractivity contribution in [1.29, 1.82) is 0 Å². The summed E-state index contributed by atoms with van der Waals surface area (Å²) in [5, 5.41) is 0. The molecule has 3 nitrogen and oxygen atoms in total. The fourth-order valence-corrected chi connectivity index (χ4v) is 2.13. The van der Waals surface area contributed by atoms with Gasteiger partial charge in [0.2, 0.25) is 0 Å². The van der Waals surface area contributed by atoms with E-state index in [4.69, 9.17) is 15.2 Å². The topological polar surface area (TPSA) is 44.5 Å². The van der Waals surface area contributed by atoms with Gasteiger partial charge >= 0.3 is 0 Å². The first-order chi connectivity index (χ1) is 9.54. The Hall–Kier alpha value is -2.16. The fraction of sp³-hybridized carbons (Fsp3) is 0.294. The third kappa shape index (κ3) is 3.92. The van der Waals surface area contributed by atoms with Crippen LogP contribution < -0.4 is 15.2 Å². The van der Waals surface area contributed by atoms with Crippen molar-refractivity contribution in [2.45, 2.75) is 20.8 Å². The third-order valence-electron chi connectivity index (χ3n) is 2.97. The maximum absolute atomic E-state index is 5.89. The zero-order valence-electron chi connectivity index (χ0n) is 12.3. The fourth-order valence-electron chi connectivity index (χ4n) is 2.13. The van der Waals surface area contributed by atoms with Gasteiger partial charge in [-0.05, 0) is 61.7 Å². The second-order valence-corrected chi connectivity index (χ2v) is 5.06. The molecule has 0 spiro atoms. The molecule has 0 amide bonds. The SMILES string of the molecule is Cc1cc(C)cc(OCCOc2ccc(C)cc2N)c1. The van der Waals surface area contributed by atoms with Crippen LogP contribution in [0, 0.1) is 20.8 Å². The van der Waals surface area contributed by atoms with Crippen LogP contribution in [-0.2, 0) is 0 Å². The number of hydrogen-bond acceptors (Lipinski definition) is 3. The van der Waals surface area contributed by atoms with Crippen molar-refractivity contribution >= 4 is 5.69 Å². The smallest absolute Gasteiger partial charge is 0.142 e. The van der Waals surface area contributed by atoms with E-state index in [9.17, 15) is 0 Å². The van der Waals surface area contributed by atoms with Gasteiger partial charge in [-0.15, -0.1) is 0 Å². The van der Waals surface area contributed by atoms with E-state index in [1.807, 2.05) is 37.3 Å². The number of aryl methyl sites for hydroxylation is 3. The van der Waals surface area contributed by atoms with Crippen LogP contribution >= 0.6 is 0 Å².